The molecule has 0 spiro atoms. The Balaban J connectivity index is 3.08. The summed E-state index contributed by atoms with van der Waals surface area (Å²) in [7, 11) is 0. The molecule has 0 radical (unpaired) electrons. The molecule has 0 aromatic carbocycles. The molecule has 1 heterocycles. The minimum Gasteiger partial charge on any atom is -0.379 e. The van der Waals surface area contributed by atoms with Gasteiger partial charge in [0.1, 0.15) is 10.3 Å². The minimum absolute atomic E-state index is 0.0341. The molecule has 0 amide bonds. The molecule has 0 aliphatic rings. The molecule has 0 aliphatic carbocycles. The molecule has 1 aromatic rings. The fourth-order valence-electron chi connectivity index (χ4n) is 0.803. The van der Waals surface area contributed by atoms with E-state index in [-0.39, 0.29) is 5.15 Å². The lowest BCUT2D eigenvalue weighted by Gasteiger charge is -2.15. The zero-order chi connectivity index (χ0) is 10.9. The number of hydrogen-bond donors (Lipinski definition) is 1. The summed E-state index contributed by atoms with van der Waals surface area (Å²) in [5.74, 6) is 0. The van der Waals surface area contributed by atoms with E-state index >= 15 is 0 Å². The number of nitrogens with zero attached hydrogens (tertiary/aromatic N) is 1. The number of halogens is 5. The smallest absolute Gasteiger partial charge is 0.379 e. The monoisotopic (exact) mass is 245 g/mol. The number of rotatable bonds is 1. The Bertz CT molecular complexity index is 342. The van der Waals surface area contributed by atoms with Gasteiger partial charge in [0.2, 0.25) is 0 Å². The highest BCUT2D eigenvalue weighted by Crippen LogP contribution is 2.35. The maximum absolute atomic E-state index is 12.0. The molecule has 0 aliphatic heterocycles. The van der Waals surface area contributed by atoms with Gasteiger partial charge in [0, 0.05) is 5.56 Å². The quantitative estimate of drug-likeness (QED) is 0.772. The van der Waals surface area contributed by atoms with Crippen LogP contribution in [0.2, 0.25) is 10.3 Å². The summed E-state index contributed by atoms with van der Waals surface area (Å²) in [5.41, 5.74) is -0.511. The third kappa shape index (κ3) is 2.50. The summed E-state index contributed by atoms with van der Waals surface area (Å²) in [6.07, 6.45) is -7.40. The van der Waals surface area contributed by atoms with Crippen LogP contribution in [0.3, 0.4) is 0 Å². The first-order chi connectivity index (χ1) is 6.32. The van der Waals surface area contributed by atoms with Crippen molar-refractivity contribution in [1.82, 2.24) is 4.98 Å². The van der Waals surface area contributed by atoms with E-state index in [0.717, 1.165) is 12.1 Å². The van der Waals surface area contributed by atoms with E-state index in [1.165, 1.54) is 0 Å². The predicted molar refractivity (Wildman–Crippen MR) is 45.3 cm³/mol. The number of aliphatic hydroxyl groups excluding tert-OH is 1. The first-order valence-electron chi connectivity index (χ1n) is 3.39. The van der Waals surface area contributed by atoms with Crippen LogP contribution in [0.1, 0.15) is 11.7 Å². The van der Waals surface area contributed by atoms with Crippen LogP contribution in [0.25, 0.3) is 0 Å². The van der Waals surface area contributed by atoms with Gasteiger partial charge in [0.25, 0.3) is 0 Å². The Morgan fingerprint density at radius 1 is 1.29 bits per heavy atom. The van der Waals surface area contributed by atoms with Gasteiger partial charge in [-0.25, -0.2) is 4.98 Å². The lowest BCUT2D eigenvalue weighted by molar-refractivity contribution is -0.206. The fourth-order valence-corrected chi connectivity index (χ4v) is 1.25. The van der Waals surface area contributed by atoms with E-state index in [0.29, 0.717) is 0 Å². The third-order valence-electron chi connectivity index (χ3n) is 1.45. The van der Waals surface area contributed by atoms with Crippen molar-refractivity contribution in [2.45, 2.75) is 12.3 Å². The molecule has 0 saturated heterocycles. The minimum atomic E-state index is -4.76. The Labute approximate surface area is 87.3 Å². The van der Waals surface area contributed by atoms with Crippen molar-refractivity contribution in [3.8, 4) is 0 Å². The summed E-state index contributed by atoms with van der Waals surface area (Å²) in [6.45, 7) is 0. The SMILES string of the molecule is O[C@H](c1ccc(Cl)nc1Cl)C(F)(F)F. The molecule has 1 atom stereocenters. The lowest BCUT2D eigenvalue weighted by Crippen LogP contribution is -2.20. The van der Waals surface area contributed by atoms with Gasteiger partial charge in [0.05, 0.1) is 0 Å². The molecular weight excluding hydrogens is 242 g/mol. The topological polar surface area (TPSA) is 33.1 Å². The molecule has 0 fully saturated rings. The number of aromatic nitrogens is 1. The third-order valence-corrected chi connectivity index (χ3v) is 1.96. The summed E-state index contributed by atoms with van der Waals surface area (Å²) < 4.78 is 36.1. The van der Waals surface area contributed by atoms with Crippen LogP contribution in [0.4, 0.5) is 13.2 Å². The second kappa shape index (κ2) is 3.92. The highest BCUT2D eigenvalue weighted by atomic mass is 35.5. The van der Waals surface area contributed by atoms with Gasteiger partial charge >= 0.3 is 6.18 Å². The first-order valence-corrected chi connectivity index (χ1v) is 4.14. The van der Waals surface area contributed by atoms with E-state index in [1.807, 2.05) is 0 Å². The number of aliphatic hydroxyl groups is 1. The predicted octanol–water partition coefficient (Wildman–Crippen LogP) is 2.98. The summed E-state index contributed by atoms with van der Waals surface area (Å²) in [6, 6.07) is 2.10. The normalized spacial score (nSPS) is 14.1. The van der Waals surface area contributed by atoms with Crippen LogP contribution < -0.4 is 0 Å². The van der Waals surface area contributed by atoms with Gasteiger partial charge in [-0.2, -0.15) is 13.2 Å². The van der Waals surface area contributed by atoms with Crippen LogP contribution in [0.5, 0.6) is 0 Å². The van der Waals surface area contributed by atoms with Crippen molar-refractivity contribution in [3.05, 3.63) is 28.0 Å². The molecule has 7 heteroatoms. The fraction of sp³-hybridized carbons (Fsp3) is 0.286. The molecule has 0 saturated carbocycles. The van der Waals surface area contributed by atoms with E-state index in [9.17, 15) is 13.2 Å². The van der Waals surface area contributed by atoms with Crippen molar-refractivity contribution in [2.24, 2.45) is 0 Å². The van der Waals surface area contributed by atoms with Crippen LogP contribution in [-0.4, -0.2) is 16.3 Å². The summed E-state index contributed by atoms with van der Waals surface area (Å²) in [4.78, 5) is 3.38. The number of pyridine rings is 1. The van der Waals surface area contributed by atoms with Crippen molar-refractivity contribution < 1.29 is 18.3 Å². The van der Waals surface area contributed by atoms with Crippen LogP contribution >= 0.6 is 23.2 Å². The van der Waals surface area contributed by atoms with E-state index in [2.05, 4.69) is 4.98 Å². The molecule has 78 valence electrons. The van der Waals surface area contributed by atoms with Crippen molar-refractivity contribution in [2.75, 3.05) is 0 Å². The Hall–Kier alpha value is -0.520. The van der Waals surface area contributed by atoms with Gasteiger partial charge in [-0.05, 0) is 12.1 Å². The van der Waals surface area contributed by atoms with Crippen molar-refractivity contribution >= 4 is 23.2 Å². The average Bonchev–Trinajstić information content (AvgIpc) is 2.01. The molecule has 0 unspecified atom stereocenters. The second-order valence-electron chi connectivity index (χ2n) is 2.46. The Morgan fingerprint density at radius 3 is 2.29 bits per heavy atom. The number of hydrogen-bond acceptors (Lipinski definition) is 2. The highest BCUT2D eigenvalue weighted by molar-refractivity contribution is 6.32. The van der Waals surface area contributed by atoms with Gasteiger partial charge in [-0.3, -0.25) is 0 Å². The van der Waals surface area contributed by atoms with Crippen LogP contribution in [0, 0.1) is 0 Å². The maximum atomic E-state index is 12.0. The molecule has 14 heavy (non-hydrogen) atoms. The molecule has 2 nitrogen and oxygen atoms in total. The molecular formula is C7H4Cl2F3NO. The maximum Gasteiger partial charge on any atom is 0.418 e. The van der Waals surface area contributed by atoms with Gasteiger partial charge in [-0.1, -0.05) is 23.2 Å². The molecule has 0 bridgehead atoms. The Morgan fingerprint density at radius 2 is 1.86 bits per heavy atom. The molecule has 1 aromatic heterocycles. The zero-order valence-corrected chi connectivity index (χ0v) is 8.03. The second-order valence-corrected chi connectivity index (χ2v) is 3.20. The van der Waals surface area contributed by atoms with Crippen LogP contribution in [-0.2, 0) is 0 Å². The lowest BCUT2D eigenvalue weighted by atomic mass is 10.1. The average molecular weight is 246 g/mol. The summed E-state index contributed by atoms with van der Waals surface area (Å²) in [5, 5.41) is 8.35. The zero-order valence-electron chi connectivity index (χ0n) is 6.52. The van der Waals surface area contributed by atoms with Gasteiger partial charge in [-0.15, -0.1) is 0 Å². The van der Waals surface area contributed by atoms with E-state index < -0.39 is 23.0 Å². The molecule has 1 rings (SSSR count). The largest absolute Gasteiger partial charge is 0.418 e. The van der Waals surface area contributed by atoms with E-state index in [4.69, 9.17) is 28.3 Å². The van der Waals surface area contributed by atoms with Crippen molar-refractivity contribution in [3.63, 3.8) is 0 Å². The van der Waals surface area contributed by atoms with Gasteiger partial charge in [0.15, 0.2) is 6.10 Å². The highest BCUT2D eigenvalue weighted by Gasteiger charge is 2.40. The first kappa shape index (κ1) is 11.6. The number of alkyl halides is 3. The summed E-state index contributed by atoms with van der Waals surface area (Å²) >= 11 is 10.8. The molecule has 1 N–H and O–H groups in total. The van der Waals surface area contributed by atoms with Crippen molar-refractivity contribution in [1.29, 1.82) is 0 Å². The van der Waals surface area contributed by atoms with E-state index in [1.54, 1.807) is 0 Å². The Kier molecular flexibility index (Phi) is 3.24. The van der Waals surface area contributed by atoms with Gasteiger partial charge < -0.3 is 5.11 Å². The van der Waals surface area contributed by atoms with Crippen LogP contribution in [0.15, 0.2) is 12.1 Å². The standard InChI is InChI=1S/C7H4Cl2F3NO/c8-4-2-1-3(6(9)13-4)5(14)7(10,11)12/h1-2,5,14H/t5-/m1/s1.